The van der Waals surface area contributed by atoms with Crippen LogP contribution in [0.1, 0.15) is 87.0 Å². The zero-order valence-electron chi connectivity index (χ0n) is 67.5. The van der Waals surface area contributed by atoms with Crippen molar-refractivity contribution in [1.29, 1.82) is 0 Å². The Morgan fingerprint density at radius 2 is 1.05 bits per heavy atom. The molecule has 16 N–H and O–H groups in total. The third kappa shape index (κ3) is 30.6. The van der Waals surface area contributed by atoms with Crippen LogP contribution in [0.4, 0.5) is 0 Å². The van der Waals surface area contributed by atoms with Crippen molar-refractivity contribution in [2.24, 2.45) is 0 Å². The van der Waals surface area contributed by atoms with E-state index in [-0.39, 0.29) is 148 Å². The van der Waals surface area contributed by atoms with Gasteiger partial charge in [-0.3, -0.25) is 96.3 Å². The van der Waals surface area contributed by atoms with Crippen LogP contribution < -0.4 is 52.6 Å². The van der Waals surface area contributed by atoms with Gasteiger partial charge in [-0.15, -0.1) is 0 Å². The Labute approximate surface area is 697 Å². The zero-order valence-corrected chi connectivity index (χ0v) is 67.5. The summed E-state index contributed by atoms with van der Waals surface area (Å²) in [6.07, 6.45) is 1.08. The molecular formula is C82H108N16O23. The number of carboxylic acids is 5. The minimum atomic E-state index is -1.82. The highest BCUT2D eigenvalue weighted by Gasteiger charge is 2.41. The second-order valence-corrected chi connectivity index (χ2v) is 30.0. The number of para-hydroxylation sites is 1. The SMILES string of the molecule is CCCCC[C@@H]1NC(=O)[C@H](Cc2ccc(OCCNC(=O)CC[C@H](C(=O)O)N3CCN(CC(=O)O)CCN(CC(=O)O)CCN(CC(=O)O)CC3)cc2)NC(=O)[C@H](Cc2ccccc2)N(C)C(=O)CNC(=O)CNC(=O)[C@H]2CCCN2C(=O)[C@H](CC(=O)O)NC(=O)[C@H](Cc2ccc(O)cc2)NC(=O)CNC(=O)[C@H](Cc2c[nH]c3ccccc23)NC1=O. The maximum absolute atomic E-state index is 15.3. The number of nitrogens with one attached hydrogen (secondary N) is 10. The molecule has 5 aromatic rings. The van der Waals surface area contributed by atoms with Crippen LogP contribution in [0, 0.1) is 0 Å². The molecule has 11 amide bonds. The Morgan fingerprint density at radius 1 is 0.521 bits per heavy atom. The average Bonchev–Trinajstić information content (AvgIpc) is 1.75. The van der Waals surface area contributed by atoms with E-state index >= 15 is 14.4 Å². The minimum Gasteiger partial charge on any atom is -0.508 e. The molecule has 39 heteroatoms. The Kier molecular flexibility index (Phi) is 36.7. The number of nitrogens with zero attached hydrogens (tertiary/aromatic N) is 6. The van der Waals surface area contributed by atoms with Crippen molar-refractivity contribution in [2.75, 3.05) is 118 Å². The third-order valence-corrected chi connectivity index (χ3v) is 21.0. The van der Waals surface area contributed by atoms with Gasteiger partial charge in [-0.25, -0.2) is 0 Å². The number of amides is 11. The van der Waals surface area contributed by atoms with Crippen LogP contribution in [0.2, 0.25) is 0 Å². The van der Waals surface area contributed by atoms with Gasteiger partial charge in [0.25, 0.3) is 0 Å². The lowest BCUT2D eigenvalue weighted by Gasteiger charge is -2.35. The van der Waals surface area contributed by atoms with Crippen molar-refractivity contribution in [2.45, 2.75) is 139 Å². The Bertz CT molecular complexity index is 4410. The molecule has 0 bridgehead atoms. The number of phenolic OH excluding ortho intramolecular Hbond substituents is 1. The number of fused-ring (bicyclic) bond motifs is 2. The fraction of sp³-hybridized carbons (Fsp3) is 0.488. The van der Waals surface area contributed by atoms with E-state index in [1.54, 1.807) is 105 Å². The highest BCUT2D eigenvalue weighted by atomic mass is 16.5. The Morgan fingerprint density at radius 3 is 1.65 bits per heavy atom. The molecule has 3 saturated heterocycles. The lowest BCUT2D eigenvalue weighted by molar-refractivity contribution is -0.146. The summed E-state index contributed by atoms with van der Waals surface area (Å²) < 4.78 is 5.98. The first-order chi connectivity index (χ1) is 57.9. The molecule has 654 valence electrons. The maximum atomic E-state index is 15.3. The number of aromatic nitrogens is 1. The number of rotatable bonds is 29. The molecule has 8 atom stereocenters. The first-order valence-corrected chi connectivity index (χ1v) is 40.2. The molecule has 0 radical (unpaired) electrons. The molecule has 0 unspecified atom stereocenters. The topological polar surface area (TPSA) is 547 Å². The first kappa shape index (κ1) is 93.9. The largest absolute Gasteiger partial charge is 0.508 e. The summed E-state index contributed by atoms with van der Waals surface area (Å²) in [7, 11) is 1.30. The van der Waals surface area contributed by atoms with E-state index in [9.17, 15) is 93.0 Å². The molecule has 0 spiro atoms. The molecule has 121 heavy (non-hydrogen) atoms. The number of carbonyl (C=O) groups is 16. The van der Waals surface area contributed by atoms with Crippen molar-refractivity contribution in [3.63, 3.8) is 0 Å². The van der Waals surface area contributed by atoms with Crippen molar-refractivity contribution in [3.8, 4) is 11.5 Å². The van der Waals surface area contributed by atoms with Crippen LogP contribution in [-0.4, -0.2) is 327 Å². The number of phenols is 1. The maximum Gasteiger partial charge on any atom is 0.320 e. The fourth-order valence-corrected chi connectivity index (χ4v) is 14.5. The molecule has 3 fully saturated rings. The summed E-state index contributed by atoms with van der Waals surface area (Å²) in [6.45, 7) is -1.31. The number of likely N-dealkylation sites (N-methyl/N-ethyl adjacent to an activating group) is 1. The van der Waals surface area contributed by atoms with Crippen molar-refractivity contribution < 1.29 is 112 Å². The van der Waals surface area contributed by atoms with Gasteiger partial charge >= 0.3 is 29.8 Å². The minimum absolute atomic E-state index is 0.00317. The van der Waals surface area contributed by atoms with E-state index < -0.39 is 182 Å². The molecule has 1 aromatic heterocycles. The molecule has 4 aromatic carbocycles. The smallest absolute Gasteiger partial charge is 0.320 e. The fourth-order valence-electron chi connectivity index (χ4n) is 14.5. The number of ether oxygens (including phenoxy) is 1. The number of benzene rings is 4. The summed E-state index contributed by atoms with van der Waals surface area (Å²) in [5.41, 5.74) is 2.58. The molecule has 0 aliphatic carbocycles. The van der Waals surface area contributed by atoms with Gasteiger partial charge in [-0.05, 0) is 78.3 Å². The lowest BCUT2D eigenvalue weighted by atomic mass is 10.00. The summed E-state index contributed by atoms with van der Waals surface area (Å²) in [5, 5.41) is 83.9. The molecule has 39 nitrogen and oxygen atoms in total. The van der Waals surface area contributed by atoms with Crippen LogP contribution in [0.5, 0.6) is 11.5 Å². The summed E-state index contributed by atoms with van der Waals surface area (Å²) >= 11 is 0. The monoisotopic (exact) mass is 1680 g/mol. The Balaban J connectivity index is 1.04. The average molecular weight is 1690 g/mol. The van der Waals surface area contributed by atoms with Crippen molar-refractivity contribution in [1.82, 2.24) is 82.2 Å². The predicted octanol–water partition coefficient (Wildman–Crippen LogP) is -1.99. The number of carbonyl (C=O) groups excluding carboxylic acids is 11. The van der Waals surface area contributed by atoms with Crippen LogP contribution >= 0.6 is 0 Å². The normalized spacial score (nSPS) is 21.4. The van der Waals surface area contributed by atoms with Gasteiger partial charge in [0.2, 0.25) is 65.0 Å². The van der Waals surface area contributed by atoms with E-state index in [0.29, 0.717) is 52.4 Å². The first-order valence-electron chi connectivity index (χ1n) is 40.2. The van der Waals surface area contributed by atoms with Crippen molar-refractivity contribution >= 4 is 106 Å². The van der Waals surface area contributed by atoms with E-state index in [0.717, 1.165) is 9.80 Å². The van der Waals surface area contributed by atoms with Gasteiger partial charge in [-0.2, -0.15) is 0 Å². The standard InChI is InChI=1S/C82H108N16O23/c1-3-4-6-16-59-76(113)90-62(42-54-44-84-58-15-10-9-14-57(54)58)75(112)86-46-69(102)88-60(39-52-18-22-55(99)23-19-52)77(114)92-63(43-71(104)105)81(118)98-29-11-17-64(98)79(116)87-45-68(101)85-47-70(103)93(2)66(41-51-12-7-5-8-13-51)80(117)91-61(78(115)89-59)40-53-20-24-56(25-21-53)121-38-28-83-67(100)27-26-65(82(119)120)97-36-34-95(49-73(108)109)32-30-94(48-72(106)107)31-33-96(35-37-97)50-74(110)111/h5,7-10,12-15,18-25,44,59-66,84,99H,3-4,6,11,16-17,26-43,45-50H2,1-2H3,(H,83,100)(H,85,101)(H,86,112)(H,87,116)(H,88,102)(H,89,115)(H,90,113)(H,91,117)(H,92,114)(H,104,105)(H,106,107)(H,108,109)(H,110,111)(H,119,120)/t59-,60-,61-,62-,63-,64+,65+,66-/m0/s1. The predicted molar refractivity (Wildman–Crippen MR) is 433 cm³/mol. The van der Waals surface area contributed by atoms with E-state index in [2.05, 4.69) is 52.8 Å². The number of hydrogen-bond acceptors (Lipinski definition) is 22. The second kappa shape index (κ2) is 47.2. The molecule has 0 saturated carbocycles. The van der Waals surface area contributed by atoms with Gasteiger partial charge in [0.1, 0.15) is 66.4 Å². The Hall–Kier alpha value is -12.6. The summed E-state index contributed by atoms with van der Waals surface area (Å²) in [5.74, 6) is -15.7. The summed E-state index contributed by atoms with van der Waals surface area (Å²) in [4.78, 5) is 231. The van der Waals surface area contributed by atoms with E-state index in [4.69, 9.17) is 4.74 Å². The molecular weight excluding hydrogens is 1580 g/mol. The van der Waals surface area contributed by atoms with Gasteiger partial charge in [0, 0.05) is 115 Å². The summed E-state index contributed by atoms with van der Waals surface area (Å²) in [6, 6.07) is 15.6. The van der Waals surface area contributed by atoms with E-state index in [1.165, 1.54) is 31.3 Å². The van der Waals surface area contributed by atoms with Gasteiger partial charge in [0.15, 0.2) is 0 Å². The second-order valence-electron chi connectivity index (χ2n) is 30.0. The van der Waals surface area contributed by atoms with Gasteiger partial charge in [-0.1, -0.05) is 99.0 Å². The zero-order chi connectivity index (χ0) is 87.7. The number of aromatic amines is 1. The molecule has 4 heterocycles. The number of carboxylic acid groups (broad SMARTS) is 5. The van der Waals surface area contributed by atoms with E-state index in [1.807, 2.05) is 6.92 Å². The third-order valence-electron chi connectivity index (χ3n) is 21.0. The molecule has 3 aliphatic rings. The number of H-pyrrole nitrogens is 1. The molecule has 8 rings (SSSR count). The lowest BCUT2D eigenvalue weighted by Crippen LogP contribution is -2.60. The van der Waals surface area contributed by atoms with Crippen LogP contribution in [0.25, 0.3) is 10.9 Å². The van der Waals surface area contributed by atoms with Crippen LogP contribution in [0.15, 0.2) is 109 Å². The van der Waals surface area contributed by atoms with Gasteiger partial charge < -0.3 is 98.0 Å². The van der Waals surface area contributed by atoms with Crippen LogP contribution in [0.3, 0.4) is 0 Å². The number of aromatic hydroxyl groups is 1. The van der Waals surface area contributed by atoms with Crippen molar-refractivity contribution in [3.05, 3.63) is 132 Å². The number of unbranched alkanes of at least 4 members (excludes halogenated alkanes) is 2. The highest BCUT2D eigenvalue weighted by molar-refractivity contribution is 6.00. The highest BCUT2D eigenvalue weighted by Crippen LogP contribution is 2.24. The van der Waals surface area contributed by atoms with Crippen LogP contribution in [-0.2, 0) is 102 Å². The molecule has 3 aliphatic heterocycles. The van der Waals surface area contributed by atoms with Gasteiger partial charge in [0.05, 0.1) is 52.2 Å². The number of hydrogen-bond donors (Lipinski definition) is 16. The number of aliphatic carboxylic acids is 5. The quantitative estimate of drug-likeness (QED) is 0.0230.